The van der Waals surface area contributed by atoms with Crippen molar-refractivity contribution >= 4 is 81.8 Å². The van der Waals surface area contributed by atoms with Crippen LogP contribution in [0.2, 0.25) is 0 Å². The Morgan fingerprint density at radius 3 is 2.13 bits per heavy atom. The number of fused-ring (bicyclic) bond motifs is 11. The number of rotatable bonds is 8. The van der Waals surface area contributed by atoms with Gasteiger partial charge in [0.05, 0.1) is 28.1 Å². The molecule has 9 aromatic carbocycles. The molecule has 13 rings (SSSR count). The lowest BCUT2D eigenvalue weighted by atomic mass is 9.86. The third-order valence-electron chi connectivity index (χ3n) is 14.0. The van der Waals surface area contributed by atoms with Gasteiger partial charge in [0.15, 0.2) is 5.84 Å². The van der Waals surface area contributed by atoms with Crippen molar-refractivity contribution in [2.24, 2.45) is 15.0 Å². The van der Waals surface area contributed by atoms with Crippen molar-refractivity contribution in [3.63, 3.8) is 0 Å². The number of nitrogens with zero attached hydrogens (tertiary/aromatic N) is 4. The van der Waals surface area contributed by atoms with E-state index in [0.29, 0.717) is 5.84 Å². The molecular formula is C64H44N4S. The fourth-order valence-electron chi connectivity index (χ4n) is 10.9. The van der Waals surface area contributed by atoms with Crippen molar-refractivity contribution < 1.29 is 0 Å². The van der Waals surface area contributed by atoms with Crippen LogP contribution in [0.25, 0.3) is 69.8 Å². The topological polar surface area (TPSA) is 42.0 Å². The Bertz CT molecular complexity index is 4000. The maximum atomic E-state index is 5.67. The monoisotopic (exact) mass is 900 g/mol. The number of aromatic nitrogens is 1. The zero-order valence-corrected chi connectivity index (χ0v) is 38.8. The molecule has 5 heteroatoms. The Morgan fingerprint density at radius 1 is 0.609 bits per heavy atom. The van der Waals surface area contributed by atoms with E-state index in [2.05, 4.69) is 207 Å². The Hall–Kier alpha value is -8.51. The van der Waals surface area contributed by atoms with Crippen LogP contribution < -0.4 is 0 Å². The van der Waals surface area contributed by atoms with Crippen LogP contribution in [0.3, 0.4) is 0 Å². The molecule has 0 bridgehead atoms. The fourth-order valence-corrected chi connectivity index (χ4v) is 12.1. The lowest BCUT2D eigenvalue weighted by molar-refractivity contribution is 0.611. The minimum atomic E-state index is -0.347. The highest BCUT2D eigenvalue weighted by molar-refractivity contribution is 7.25. The Labute approximate surface area is 405 Å². The van der Waals surface area contributed by atoms with E-state index in [1.807, 2.05) is 30.3 Å². The first-order valence-corrected chi connectivity index (χ1v) is 24.3. The van der Waals surface area contributed by atoms with Crippen LogP contribution in [-0.2, 0) is 0 Å². The third kappa shape index (κ3) is 6.61. The molecule has 11 aromatic rings. The molecule has 0 saturated carbocycles. The molecule has 2 aromatic heterocycles. The first-order chi connectivity index (χ1) is 34.0. The molecule has 0 N–H and O–H groups in total. The molecule has 326 valence electrons. The second kappa shape index (κ2) is 16.4. The summed E-state index contributed by atoms with van der Waals surface area (Å²) in [5.41, 5.74) is 18.7. The van der Waals surface area contributed by atoms with Crippen molar-refractivity contribution in [3.05, 3.63) is 264 Å². The molecule has 4 nitrogen and oxygen atoms in total. The zero-order valence-electron chi connectivity index (χ0n) is 38.0. The number of hydrogen-bond acceptors (Lipinski definition) is 3. The van der Waals surface area contributed by atoms with E-state index in [9.17, 15) is 0 Å². The summed E-state index contributed by atoms with van der Waals surface area (Å²) in [6.45, 7) is 11.0. The quantitative estimate of drug-likeness (QED) is 0.108. The summed E-state index contributed by atoms with van der Waals surface area (Å²) in [4.78, 5) is 16.1. The van der Waals surface area contributed by atoms with Gasteiger partial charge in [-0.1, -0.05) is 195 Å². The van der Waals surface area contributed by atoms with E-state index < -0.39 is 0 Å². The molecular weight excluding hydrogens is 857 g/mol. The number of hydrogen-bond donors (Lipinski definition) is 0. The summed E-state index contributed by atoms with van der Waals surface area (Å²) in [5.74, 6) is 0.641. The molecule has 69 heavy (non-hydrogen) atoms. The van der Waals surface area contributed by atoms with Crippen LogP contribution in [-0.4, -0.2) is 21.8 Å². The van der Waals surface area contributed by atoms with Crippen molar-refractivity contribution in [3.8, 4) is 22.3 Å². The normalized spacial score (nSPS) is 14.9. The second-order valence-electron chi connectivity index (χ2n) is 17.9. The molecule has 2 atom stereocenters. The van der Waals surface area contributed by atoms with Gasteiger partial charge in [-0.25, -0.2) is 15.0 Å². The maximum Gasteiger partial charge on any atom is 0.157 e. The molecule has 0 fully saturated rings. The van der Waals surface area contributed by atoms with Crippen molar-refractivity contribution in [2.45, 2.75) is 19.0 Å². The summed E-state index contributed by atoms with van der Waals surface area (Å²) < 4.78 is 4.93. The van der Waals surface area contributed by atoms with Gasteiger partial charge in [-0.3, -0.25) is 0 Å². The van der Waals surface area contributed by atoms with Crippen molar-refractivity contribution in [2.75, 3.05) is 0 Å². The van der Waals surface area contributed by atoms with E-state index in [4.69, 9.17) is 15.0 Å². The highest BCUT2D eigenvalue weighted by atomic mass is 32.1. The van der Waals surface area contributed by atoms with Crippen LogP contribution in [0.15, 0.2) is 240 Å². The molecule has 0 spiro atoms. The zero-order chi connectivity index (χ0) is 46.2. The lowest BCUT2D eigenvalue weighted by Gasteiger charge is -2.20. The fraction of sp³-hybridized carbons (Fsp3) is 0.0469. The first kappa shape index (κ1) is 40.7. The number of benzene rings is 9. The Balaban J connectivity index is 0.973. The molecule has 0 radical (unpaired) electrons. The predicted octanol–water partition coefficient (Wildman–Crippen LogP) is 16.8. The standard InChI is InChI=1S/C64H44N4S/c1-4-54(42-18-7-5-8-19-42)67-64(45-34-35-50-49-24-14-16-29-57(49)69-58(50)38-45)65-40(3)68-56-28-15-13-23-48(56)53-37-36-52-47-22-11-12-25-51(47)60(61(52)63(53)68)43-32-30-41(31-33-43)46-26-17-27-55-59(46)39(2)62(66-55)44-20-9-6-10-21-44/h4-38,40,60H,1-2H2,3H3/b65-64-,67-54+. The predicted molar refractivity (Wildman–Crippen MR) is 293 cm³/mol. The highest BCUT2D eigenvalue weighted by Gasteiger charge is 2.34. The summed E-state index contributed by atoms with van der Waals surface area (Å²) in [6.07, 6.45) is 1.49. The number of para-hydroxylation sites is 1. The van der Waals surface area contributed by atoms with Gasteiger partial charge in [0, 0.05) is 64.7 Å². The average molecular weight is 901 g/mol. The molecule has 1 aliphatic carbocycles. The summed E-state index contributed by atoms with van der Waals surface area (Å²) in [7, 11) is 0. The van der Waals surface area contributed by atoms with E-state index in [0.717, 1.165) is 61.6 Å². The van der Waals surface area contributed by atoms with Crippen LogP contribution in [0.4, 0.5) is 5.69 Å². The van der Waals surface area contributed by atoms with Crippen LogP contribution in [0, 0.1) is 0 Å². The van der Waals surface area contributed by atoms with Gasteiger partial charge in [-0.05, 0) is 76.2 Å². The van der Waals surface area contributed by atoms with Gasteiger partial charge in [-0.2, -0.15) is 0 Å². The summed E-state index contributed by atoms with van der Waals surface area (Å²) in [5, 5.41) is 4.91. The van der Waals surface area contributed by atoms with Gasteiger partial charge < -0.3 is 4.57 Å². The van der Waals surface area contributed by atoms with Crippen molar-refractivity contribution in [1.29, 1.82) is 0 Å². The minimum absolute atomic E-state index is 0.0176. The first-order valence-electron chi connectivity index (χ1n) is 23.5. The average Bonchev–Trinajstić information content (AvgIpc) is 4.15. The van der Waals surface area contributed by atoms with E-state index in [1.54, 1.807) is 11.3 Å². The molecule has 3 heterocycles. The molecule has 0 amide bonds. The maximum absolute atomic E-state index is 5.67. The summed E-state index contributed by atoms with van der Waals surface area (Å²) >= 11 is 1.81. The number of thiophene rings is 1. The Morgan fingerprint density at radius 2 is 1.30 bits per heavy atom. The number of aliphatic imine (C=N–C) groups is 3. The van der Waals surface area contributed by atoms with E-state index >= 15 is 0 Å². The van der Waals surface area contributed by atoms with E-state index in [1.165, 1.54) is 64.3 Å². The molecule has 1 aliphatic heterocycles. The molecule has 2 unspecified atom stereocenters. The van der Waals surface area contributed by atoms with Gasteiger partial charge in [0.1, 0.15) is 6.17 Å². The third-order valence-corrected chi connectivity index (χ3v) is 15.2. The SMILES string of the molecule is C=C/C(=N\C(=N/C(C)n1c2ccccc2c2ccc3c(c21)C(c1ccc(-c2cccc4c2C(=C)C(c2ccccc2)=N4)cc1)c1ccccc1-3)c1ccc2c(c1)sc1ccccc12)c1ccccc1. The van der Waals surface area contributed by atoms with Gasteiger partial charge in [0.2, 0.25) is 0 Å². The van der Waals surface area contributed by atoms with Gasteiger partial charge in [-0.15, -0.1) is 11.3 Å². The van der Waals surface area contributed by atoms with Crippen molar-refractivity contribution in [1.82, 2.24) is 4.57 Å². The van der Waals surface area contributed by atoms with Gasteiger partial charge >= 0.3 is 0 Å². The van der Waals surface area contributed by atoms with Crippen LogP contribution in [0.5, 0.6) is 0 Å². The highest BCUT2D eigenvalue weighted by Crippen LogP contribution is 2.53. The van der Waals surface area contributed by atoms with Crippen LogP contribution in [0.1, 0.15) is 58.0 Å². The Kier molecular flexibility index (Phi) is 9.67. The molecule has 0 saturated heterocycles. The van der Waals surface area contributed by atoms with Crippen LogP contribution >= 0.6 is 11.3 Å². The van der Waals surface area contributed by atoms with Gasteiger partial charge in [0.25, 0.3) is 0 Å². The second-order valence-corrected chi connectivity index (χ2v) is 19.0. The largest absolute Gasteiger partial charge is 0.317 e. The number of allylic oxidation sites excluding steroid dienone is 2. The smallest absolute Gasteiger partial charge is 0.157 e. The summed E-state index contributed by atoms with van der Waals surface area (Å²) in [6, 6.07) is 73.9. The van der Waals surface area contributed by atoms with E-state index in [-0.39, 0.29) is 12.1 Å². The molecule has 2 aliphatic rings. The number of amidine groups is 1. The lowest BCUT2D eigenvalue weighted by Crippen LogP contribution is -2.11. The minimum Gasteiger partial charge on any atom is -0.317 e.